The molecule has 1 aliphatic rings. The van der Waals surface area contributed by atoms with Gasteiger partial charge in [0.25, 0.3) is 0 Å². The van der Waals surface area contributed by atoms with Crippen LogP contribution in [0.15, 0.2) is 48.5 Å². The van der Waals surface area contributed by atoms with Gasteiger partial charge in [-0.25, -0.2) is 0 Å². The van der Waals surface area contributed by atoms with Gasteiger partial charge in [0.05, 0.1) is 0 Å². The van der Waals surface area contributed by atoms with E-state index in [1.54, 1.807) is 0 Å². The van der Waals surface area contributed by atoms with Crippen molar-refractivity contribution in [2.24, 2.45) is 0 Å². The fraction of sp³-hybridized carbons (Fsp3) is 0.368. The summed E-state index contributed by atoms with van der Waals surface area (Å²) in [7, 11) is 0. The van der Waals surface area contributed by atoms with Crippen LogP contribution in [0.3, 0.4) is 0 Å². The van der Waals surface area contributed by atoms with Crippen LogP contribution in [0.1, 0.15) is 42.6 Å². The highest BCUT2D eigenvalue weighted by Crippen LogP contribution is 2.33. The zero-order valence-corrected chi connectivity index (χ0v) is 12.5. The third kappa shape index (κ3) is 3.11. The molecule has 1 N–H and O–H groups in total. The third-order valence-electron chi connectivity index (χ3n) is 4.18. The second kappa shape index (κ2) is 6.31. The number of hydrogen-bond acceptors (Lipinski definition) is 2. The van der Waals surface area contributed by atoms with Crippen molar-refractivity contribution < 1.29 is 9.84 Å². The Bertz CT molecular complexity index is 589. The summed E-state index contributed by atoms with van der Waals surface area (Å²) >= 11 is 0. The molecule has 3 rings (SSSR count). The van der Waals surface area contributed by atoms with E-state index in [4.69, 9.17) is 4.74 Å². The lowest BCUT2D eigenvalue weighted by Crippen LogP contribution is -2.21. The SMILES string of the molecule is CCCCc1ccc(OC2Cc3ccccc3C2O)cc1. The van der Waals surface area contributed by atoms with E-state index in [0.29, 0.717) is 0 Å². The van der Waals surface area contributed by atoms with E-state index in [1.807, 2.05) is 30.3 Å². The Hall–Kier alpha value is -1.80. The highest BCUT2D eigenvalue weighted by Gasteiger charge is 2.32. The van der Waals surface area contributed by atoms with Gasteiger partial charge in [-0.05, 0) is 41.7 Å². The van der Waals surface area contributed by atoms with Crippen LogP contribution < -0.4 is 4.74 Å². The maximum atomic E-state index is 10.3. The van der Waals surface area contributed by atoms with E-state index >= 15 is 0 Å². The molecule has 0 fully saturated rings. The lowest BCUT2D eigenvalue weighted by atomic mass is 10.1. The third-order valence-corrected chi connectivity index (χ3v) is 4.18. The number of unbranched alkanes of at least 4 members (excludes halogenated alkanes) is 1. The molecule has 0 aromatic heterocycles. The summed E-state index contributed by atoms with van der Waals surface area (Å²) in [6, 6.07) is 16.3. The minimum Gasteiger partial charge on any atom is -0.487 e. The molecule has 2 unspecified atom stereocenters. The van der Waals surface area contributed by atoms with Gasteiger partial charge in [0, 0.05) is 6.42 Å². The van der Waals surface area contributed by atoms with E-state index in [-0.39, 0.29) is 6.10 Å². The first kappa shape index (κ1) is 14.2. The maximum absolute atomic E-state index is 10.3. The molecule has 0 saturated carbocycles. The predicted molar refractivity (Wildman–Crippen MR) is 84.6 cm³/mol. The number of ether oxygens (including phenoxy) is 1. The molecular weight excluding hydrogens is 260 g/mol. The average molecular weight is 282 g/mol. The van der Waals surface area contributed by atoms with Gasteiger partial charge in [0.2, 0.25) is 0 Å². The van der Waals surface area contributed by atoms with E-state index < -0.39 is 6.10 Å². The van der Waals surface area contributed by atoms with Crippen LogP contribution in [0.5, 0.6) is 5.75 Å². The van der Waals surface area contributed by atoms with Gasteiger partial charge in [-0.15, -0.1) is 0 Å². The number of benzene rings is 2. The van der Waals surface area contributed by atoms with Crippen LogP contribution >= 0.6 is 0 Å². The van der Waals surface area contributed by atoms with Crippen molar-refractivity contribution in [1.82, 2.24) is 0 Å². The van der Waals surface area contributed by atoms with Crippen LogP contribution in [-0.2, 0) is 12.8 Å². The Morgan fingerprint density at radius 1 is 1.10 bits per heavy atom. The standard InChI is InChI=1S/C19H22O2/c1-2-3-6-14-9-11-16(12-10-14)21-18-13-15-7-4-5-8-17(15)19(18)20/h4-5,7-12,18-20H,2-3,6,13H2,1H3. The first-order chi connectivity index (χ1) is 10.3. The van der Waals surface area contributed by atoms with Crippen molar-refractivity contribution in [3.8, 4) is 5.75 Å². The zero-order valence-electron chi connectivity index (χ0n) is 12.5. The molecule has 0 spiro atoms. The van der Waals surface area contributed by atoms with Crippen LogP contribution in [-0.4, -0.2) is 11.2 Å². The minimum atomic E-state index is -0.527. The molecule has 2 atom stereocenters. The molecule has 21 heavy (non-hydrogen) atoms. The van der Waals surface area contributed by atoms with Crippen LogP contribution in [0.2, 0.25) is 0 Å². The molecule has 0 amide bonds. The minimum absolute atomic E-state index is 0.177. The van der Waals surface area contributed by atoms with Crippen molar-refractivity contribution in [2.75, 3.05) is 0 Å². The summed E-state index contributed by atoms with van der Waals surface area (Å²) in [5.74, 6) is 0.840. The van der Waals surface area contributed by atoms with Crippen molar-refractivity contribution in [3.63, 3.8) is 0 Å². The van der Waals surface area contributed by atoms with Crippen molar-refractivity contribution in [2.45, 2.75) is 44.8 Å². The van der Waals surface area contributed by atoms with E-state index in [1.165, 1.54) is 24.0 Å². The lowest BCUT2D eigenvalue weighted by Gasteiger charge is -2.17. The number of rotatable bonds is 5. The smallest absolute Gasteiger partial charge is 0.133 e. The summed E-state index contributed by atoms with van der Waals surface area (Å²) in [5, 5.41) is 10.3. The van der Waals surface area contributed by atoms with Crippen molar-refractivity contribution >= 4 is 0 Å². The monoisotopic (exact) mass is 282 g/mol. The Morgan fingerprint density at radius 2 is 1.86 bits per heavy atom. The molecular formula is C19H22O2. The van der Waals surface area contributed by atoms with Crippen molar-refractivity contribution in [1.29, 1.82) is 0 Å². The number of fused-ring (bicyclic) bond motifs is 1. The summed E-state index contributed by atoms with van der Waals surface area (Å²) in [5.41, 5.74) is 3.54. The van der Waals surface area contributed by atoms with Crippen molar-refractivity contribution in [3.05, 3.63) is 65.2 Å². The lowest BCUT2D eigenvalue weighted by molar-refractivity contribution is 0.0494. The van der Waals surface area contributed by atoms with Crippen LogP contribution in [0.4, 0.5) is 0 Å². The number of aliphatic hydroxyl groups is 1. The van der Waals surface area contributed by atoms with E-state index in [2.05, 4.69) is 25.1 Å². The molecule has 2 aromatic carbocycles. The summed E-state index contributed by atoms with van der Waals surface area (Å²) in [6.07, 6.45) is 3.62. The number of aliphatic hydroxyl groups excluding tert-OH is 1. The zero-order chi connectivity index (χ0) is 14.7. The second-order valence-corrected chi connectivity index (χ2v) is 5.75. The largest absolute Gasteiger partial charge is 0.487 e. The molecule has 0 heterocycles. The molecule has 2 heteroatoms. The van der Waals surface area contributed by atoms with E-state index in [0.717, 1.165) is 24.2 Å². The second-order valence-electron chi connectivity index (χ2n) is 5.75. The Labute approximate surface area is 126 Å². The molecule has 0 aliphatic heterocycles. The molecule has 1 aliphatic carbocycles. The number of aryl methyl sites for hydroxylation is 1. The van der Waals surface area contributed by atoms with Gasteiger partial charge < -0.3 is 9.84 Å². The summed E-state index contributed by atoms with van der Waals surface area (Å²) in [6.45, 7) is 2.20. The first-order valence-electron chi connectivity index (χ1n) is 7.79. The van der Waals surface area contributed by atoms with Gasteiger partial charge in [-0.3, -0.25) is 0 Å². The van der Waals surface area contributed by atoms with Crippen LogP contribution in [0, 0.1) is 0 Å². The van der Waals surface area contributed by atoms with Gasteiger partial charge in [-0.2, -0.15) is 0 Å². The number of hydrogen-bond donors (Lipinski definition) is 1. The molecule has 2 nitrogen and oxygen atoms in total. The Kier molecular flexibility index (Phi) is 4.26. The Morgan fingerprint density at radius 3 is 2.57 bits per heavy atom. The first-order valence-corrected chi connectivity index (χ1v) is 7.79. The summed E-state index contributed by atoms with van der Waals surface area (Å²) in [4.78, 5) is 0. The van der Waals surface area contributed by atoms with Gasteiger partial charge >= 0.3 is 0 Å². The molecule has 0 radical (unpaired) electrons. The molecule has 2 aromatic rings. The highest BCUT2D eigenvalue weighted by atomic mass is 16.5. The molecule has 0 saturated heterocycles. The highest BCUT2D eigenvalue weighted by molar-refractivity contribution is 5.36. The van der Waals surface area contributed by atoms with Gasteiger partial charge in [0.15, 0.2) is 0 Å². The quantitative estimate of drug-likeness (QED) is 0.896. The predicted octanol–water partition coefficient (Wildman–Crippen LogP) is 4.07. The van der Waals surface area contributed by atoms with Gasteiger partial charge in [-0.1, -0.05) is 49.7 Å². The van der Waals surface area contributed by atoms with Gasteiger partial charge in [0.1, 0.15) is 18.0 Å². The van der Waals surface area contributed by atoms with Crippen LogP contribution in [0.25, 0.3) is 0 Å². The average Bonchev–Trinajstić information content (AvgIpc) is 2.83. The topological polar surface area (TPSA) is 29.5 Å². The fourth-order valence-electron chi connectivity index (χ4n) is 2.93. The molecule has 0 bridgehead atoms. The normalized spacial score (nSPS) is 20.3. The fourth-order valence-corrected chi connectivity index (χ4v) is 2.93. The van der Waals surface area contributed by atoms with E-state index in [9.17, 15) is 5.11 Å². The summed E-state index contributed by atoms with van der Waals surface area (Å²) < 4.78 is 5.98. The molecule has 110 valence electrons. The maximum Gasteiger partial charge on any atom is 0.133 e. The Balaban J connectivity index is 1.65.